The molecule has 0 aliphatic carbocycles. The fourth-order valence-electron chi connectivity index (χ4n) is 6.67. The smallest absolute Gasteiger partial charge is 0.371 e. The molecule has 0 bridgehead atoms. The maximum Gasteiger partial charge on any atom is 1.00 e. The van der Waals surface area contributed by atoms with E-state index in [2.05, 4.69) is 86.1 Å². The van der Waals surface area contributed by atoms with Crippen LogP contribution in [0.2, 0.25) is 0 Å². The van der Waals surface area contributed by atoms with E-state index in [1.165, 1.54) is 125 Å². The molecule has 0 radical (unpaired) electrons. The van der Waals surface area contributed by atoms with Crippen LogP contribution in [0.5, 0.6) is 0 Å². The summed E-state index contributed by atoms with van der Waals surface area (Å²) in [4.78, 5) is 15.2. The number of aromatic nitrogens is 9. The summed E-state index contributed by atoms with van der Waals surface area (Å²) in [6.45, 7) is 12.0. The third-order valence-corrected chi connectivity index (χ3v) is 10.7. The number of hydrogen-bond donors (Lipinski definition) is 3. The van der Waals surface area contributed by atoms with Crippen molar-refractivity contribution in [3.05, 3.63) is 186 Å². The molecule has 3 N–H and O–H groups in total. The molecule has 0 spiro atoms. The van der Waals surface area contributed by atoms with Crippen LogP contribution in [-0.4, -0.2) is 68.2 Å². The molecule has 378 valence electrons. The Morgan fingerprint density at radius 1 is 0.716 bits per heavy atom. The van der Waals surface area contributed by atoms with Gasteiger partial charge in [0.1, 0.15) is 16.2 Å². The standard InChI is InChI=1S/C21H13F4N5O.C15H8F4N2O.C7H5BrN2.2C4H9.CH4.2Li/c22-14-4-6-15(7-5-14)30-17-8-3-13(10-12(17)11-27-30)20(31,21(23,24)25)18-16-2-1-9-26-19(16)29-28-18;16-11-2-4-12(5-3-11)21-13-6-1-9(7-10(13)8-20-21)14(22)15(17,18)19;8-7-5-3-1-2-4-6(5)9-10-7;1-4(2)3;1-3-4-2;;;/h1-11,31H,(H,26,28,29);1-8H;1-4H,(H,9,10);1-3H3;1,3-4H2,2H3;1H4;;/q;;;2*-1;;2*+1. The molecule has 1 unspecified atom stereocenters. The SMILES string of the molecule is Brc1[nH]nc2ccccc12.C.C[C-](C)C.O=C(c1ccc2c(cnn2-c2ccc(F)cc2)c1)C(F)(F)F.OC(c1ccc2c(cnn2-c2ccc(F)cc2)c1)(c1[nH]nc2ncccc12)C(F)(F)F.[CH2-]CCC.[Li+].[Li+]. The van der Waals surface area contributed by atoms with Gasteiger partial charge in [-0.05, 0) is 119 Å². The molecule has 74 heavy (non-hydrogen) atoms. The molecule has 0 aliphatic rings. The third kappa shape index (κ3) is 14.6. The van der Waals surface area contributed by atoms with Crippen LogP contribution >= 0.6 is 15.9 Å². The molecule has 0 aliphatic heterocycles. The van der Waals surface area contributed by atoms with Crippen molar-refractivity contribution < 1.29 is 82.7 Å². The van der Waals surface area contributed by atoms with Crippen LogP contribution in [0.15, 0.2) is 145 Å². The predicted octanol–water partition coefficient (Wildman–Crippen LogP) is 8.35. The van der Waals surface area contributed by atoms with Crippen LogP contribution in [0, 0.1) is 24.5 Å². The number of para-hydroxylation sites is 1. The summed E-state index contributed by atoms with van der Waals surface area (Å²) in [6, 6.07) is 29.3. The molecule has 0 saturated carbocycles. The third-order valence-electron chi connectivity index (χ3n) is 10.1. The number of ketones is 1. The zero-order chi connectivity index (χ0) is 51.7. The fraction of sp³-hybridized carbons (Fsp3) is 0.192. The van der Waals surface area contributed by atoms with Gasteiger partial charge in [-0.1, -0.05) is 45.0 Å². The first-order valence-corrected chi connectivity index (χ1v) is 22.3. The number of carbonyl (C=O) groups is 1. The van der Waals surface area contributed by atoms with E-state index in [0.29, 0.717) is 33.2 Å². The van der Waals surface area contributed by atoms with Gasteiger partial charge in [-0.15, -0.1) is 0 Å². The number of nitrogens with one attached hydrogen (secondary N) is 2. The summed E-state index contributed by atoms with van der Waals surface area (Å²) < 4.78 is 110. The number of hydrogen-bond acceptors (Lipinski definition) is 7. The van der Waals surface area contributed by atoms with Crippen molar-refractivity contribution in [2.75, 3.05) is 0 Å². The van der Waals surface area contributed by atoms with Crippen LogP contribution in [0.4, 0.5) is 35.1 Å². The minimum Gasteiger partial charge on any atom is -0.371 e. The van der Waals surface area contributed by atoms with Gasteiger partial charge in [0, 0.05) is 33.3 Å². The average Bonchev–Trinajstić information content (AvgIpc) is 4.16. The fourth-order valence-corrected chi connectivity index (χ4v) is 7.10. The maximum atomic E-state index is 14.2. The Morgan fingerprint density at radius 2 is 1.22 bits per heavy atom. The molecule has 0 saturated heterocycles. The summed E-state index contributed by atoms with van der Waals surface area (Å²) in [7, 11) is 0. The summed E-state index contributed by atoms with van der Waals surface area (Å²) in [6.07, 6.45) is -3.56. The number of carbonyl (C=O) groups excluding carboxylic acids is 1. The van der Waals surface area contributed by atoms with Crippen molar-refractivity contribution in [2.45, 2.75) is 65.9 Å². The zero-order valence-electron chi connectivity index (χ0n) is 40.3. The average molecular weight is 1080 g/mol. The quantitative estimate of drug-likeness (QED) is 0.0658. The van der Waals surface area contributed by atoms with Crippen molar-refractivity contribution in [3.8, 4) is 11.4 Å². The summed E-state index contributed by atoms with van der Waals surface area (Å²) in [5.41, 5.74) is -1.54. The second-order valence-electron chi connectivity index (χ2n) is 16.0. The van der Waals surface area contributed by atoms with Gasteiger partial charge in [0.25, 0.3) is 5.78 Å². The Morgan fingerprint density at radius 3 is 1.72 bits per heavy atom. The zero-order valence-corrected chi connectivity index (χ0v) is 41.9. The molecule has 22 heteroatoms. The number of fused-ring (bicyclic) bond motifs is 4. The molecule has 10 rings (SSSR count). The van der Waals surface area contributed by atoms with E-state index in [1.54, 1.807) is 0 Å². The van der Waals surface area contributed by atoms with Crippen LogP contribution in [0.25, 0.3) is 55.1 Å². The molecule has 0 fully saturated rings. The van der Waals surface area contributed by atoms with Crippen molar-refractivity contribution in [1.29, 1.82) is 0 Å². The number of rotatable bonds is 6. The Bertz CT molecular complexity index is 3350. The minimum absolute atomic E-state index is 0. The number of aromatic amines is 2. The number of Topliss-reactive ketones (excluding diaryl/α,β-unsaturated/α-hetero) is 1. The molecule has 5 aromatic heterocycles. The molecular formula is C52H48BrF8Li2N9O2. The van der Waals surface area contributed by atoms with Crippen LogP contribution in [0.1, 0.15) is 69.6 Å². The van der Waals surface area contributed by atoms with Gasteiger partial charge in [-0.3, -0.25) is 15.0 Å². The number of unbranched alkanes of at least 4 members (excludes halogenated alkanes) is 1. The van der Waals surface area contributed by atoms with Gasteiger partial charge in [-0.2, -0.15) is 73.9 Å². The first kappa shape index (κ1) is 62.2. The minimum atomic E-state index is -5.05. The first-order valence-electron chi connectivity index (χ1n) is 21.5. The number of H-pyrrole nitrogens is 2. The van der Waals surface area contributed by atoms with Crippen LogP contribution in [-0.2, 0) is 5.60 Å². The first-order chi connectivity index (χ1) is 33.7. The Balaban J connectivity index is 0.000000291. The Hall–Kier alpha value is -6.13. The molecule has 5 heterocycles. The second kappa shape index (κ2) is 26.9. The van der Waals surface area contributed by atoms with Crippen molar-refractivity contribution in [2.24, 2.45) is 0 Å². The van der Waals surface area contributed by atoms with Crippen LogP contribution in [0.3, 0.4) is 0 Å². The topological polar surface area (TPSA) is 143 Å². The van der Waals surface area contributed by atoms with E-state index in [1.807, 2.05) is 24.3 Å². The Labute approximate surface area is 453 Å². The van der Waals surface area contributed by atoms with E-state index < -0.39 is 52.2 Å². The van der Waals surface area contributed by atoms with Crippen molar-refractivity contribution >= 4 is 65.5 Å². The normalized spacial score (nSPS) is 11.8. The van der Waals surface area contributed by atoms with Gasteiger partial charge < -0.3 is 17.9 Å². The molecule has 10 aromatic rings. The number of nitrogens with zero attached hydrogens (tertiary/aromatic N) is 7. The van der Waals surface area contributed by atoms with E-state index in [-0.39, 0.29) is 56.2 Å². The van der Waals surface area contributed by atoms with E-state index in [4.69, 9.17) is 0 Å². The largest absolute Gasteiger partial charge is 1.00 e. The summed E-state index contributed by atoms with van der Waals surface area (Å²) >= 11 is 3.35. The predicted molar refractivity (Wildman–Crippen MR) is 266 cm³/mol. The van der Waals surface area contributed by atoms with Gasteiger partial charge >= 0.3 is 50.1 Å². The molecule has 5 aromatic carbocycles. The van der Waals surface area contributed by atoms with Crippen molar-refractivity contribution in [1.82, 2.24) is 44.9 Å². The number of halogens is 9. The van der Waals surface area contributed by atoms with Crippen LogP contribution < -0.4 is 37.7 Å². The Kier molecular flexibility index (Phi) is 22.6. The summed E-state index contributed by atoms with van der Waals surface area (Å²) in [5.74, 6) is -1.30. The number of alkyl halides is 6. The van der Waals surface area contributed by atoms with Gasteiger partial charge in [-0.25, -0.2) is 23.1 Å². The number of benzene rings is 5. The monoisotopic (exact) mass is 1080 g/mol. The van der Waals surface area contributed by atoms with Gasteiger partial charge in [0.15, 0.2) is 5.65 Å². The number of pyridine rings is 1. The molecule has 1 atom stereocenters. The van der Waals surface area contributed by atoms with Gasteiger partial charge in [0.2, 0.25) is 5.60 Å². The van der Waals surface area contributed by atoms with Gasteiger partial charge in [0.05, 0.1) is 46.0 Å². The van der Waals surface area contributed by atoms with E-state index in [0.717, 1.165) is 34.1 Å². The van der Waals surface area contributed by atoms with E-state index >= 15 is 0 Å². The summed E-state index contributed by atoms with van der Waals surface area (Å²) in [5, 5.41) is 34.2. The van der Waals surface area contributed by atoms with Crippen molar-refractivity contribution in [3.63, 3.8) is 0 Å². The molecule has 11 nitrogen and oxygen atoms in total. The van der Waals surface area contributed by atoms with E-state index in [9.17, 15) is 45.0 Å². The molecular weight excluding hydrogens is 1030 g/mol. The molecule has 0 amide bonds. The number of aliphatic hydroxyl groups is 1. The second-order valence-corrected chi connectivity index (χ2v) is 16.8. The maximum absolute atomic E-state index is 14.2.